The van der Waals surface area contributed by atoms with Crippen molar-refractivity contribution >= 4 is 11.3 Å². The number of ether oxygens (including phenoxy) is 1. The summed E-state index contributed by atoms with van der Waals surface area (Å²) in [4.78, 5) is 5.13. The number of nitrogens with one attached hydrogen (secondary N) is 1. The fourth-order valence-corrected chi connectivity index (χ4v) is 2.69. The Morgan fingerprint density at radius 1 is 1.50 bits per heavy atom. The van der Waals surface area contributed by atoms with Crippen molar-refractivity contribution in [1.82, 2.24) is 10.2 Å². The molecule has 16 heavy (non-hydrogen) atoms. The zero-order valence-electron chi connectivity index (χ0n) is 10.7. The molecule has 0 aliphatic rings. The number of hydrogen-bond acceptors (Lipinski definition) is 4. The lowest BCUT2D eigenvalue weighted by Crippen LogP contribution is -2.22. The van der Waals surface area contributed by atoms with Crippen molar-refractivity contribution < 1.29 is 4.74 Å². The normalized spacial score (nSPS) is 11.3. The van der Waals surface area contributed by atoms with E-state index in [-0.39, 0.29) is 0 Å². The van der Waals surface area contributed by atoms with Crippen LogP contribution in [0.3, 0.4) is 0 Å². The van der Waals surface area contributed by atoms with E-state index < -0.39 is 0 Å². The van der Waals surface area contributed by atoms with Crippen LogP contribution in [-0.4, -0.2) is 39.3 Å². The molecular formula is C12H22N2OS. The standard InChI is InChI=1S/C12H22N2OS/c1-10-11(7-12(16-10)8-13-2)9-14(3)5-6-15-4/h7,13H,5-6,8-9H2,1-4H3. The van der Waals surface area contributed by atoms with Crippen molar-refractivity contribution in [2.75, 3.05) is 34.4 Å². The molecule has 92 valence electrons. The number of nitrogens with zero attached hydrogens (tertiary/aromatic N) is 1. The van der Waals surface area contributed by atoms with Crippen LogP contribution in [0.5, 0.6) is 0 Å². The highest BCUT2D eigenvalue weighted by Gasteiger charge is 2.07. The van der Waals surface area contributed by atoms with Gasteiger partial charge in [0.15, 0.2) is 0 Å². The molecule has 0 saturated heterocycles. The first kappa shape index (κ1) is 13.6. The maximum atomic E-state index is 5.08. The molecule has 0 saturated carbocycles. The molecule has 0 fully saturated rings. The van der Waals surface area contributed by atoms with Crippen molar-refractivity contribution in [2.45, 2.75) is 20.0 Å². The highest BCUT2D eigenvalue weighted by molar-refractivity contribution is 7.12. The van der Waals surface area contributed by atoms with E-state index in [0.29, 0.717) is 0 Å². The van der Waals surface area contributed by atoms with Gasteiger partial charge < -0.3 is 10.1 Å². The molecule has 0 spiro atoms. The van der Waals surface area contributed by atoms with E-state index in [9.17, 15) is 0 Å². The third kappa shape index (κ3) is 4.22. The second-order valence-electron chi connectivity index (χ2n) is 4.06. The van der Waals surface area contributed by atoms with Gasteiger partial charge in [0.05, 0.1) is 6.61 Å². The van der Waals surface area contributed by atoms with E-state index >= 15 is 0 Å². The monoisotopic (exact) mass is 242 g/mol. The van der Waals surface area contributed by atoms with Crippen LogP contribution in [0.1, 0.15) is 15.3 Å². The summed E-state index contributed by atoms with van der Waals surface area (Å²) in [6.07, 6.45) is 0. The first-order valence-corrected chi connectivity index (χ1v) is 6.39. The van der Waals surface area contributed by atoms with E-state index in [0.717, 1.165) is 26.2 Å². The van der Waals surface area contributed by atoms with Gasteiger partial charge >= 0.3 is 0 Å². The average molecular weight is 242 g/mol. The van der Waals surface area contributed by atoms with Crippen LogP contribution in [-0.2, 0) is 17.8 Å². The lowest BCUT2D eigenvalue weighted by Gasteiger charge is -2.15. The Morgan fingerprint density at radius 2 is 2.25 bits per heavy atom. The average Bonchev–Trinajstić information content (AvgIpc) is 2.57. The minimum absolute atomic E-state index is 0.795. The smallest absolute Gasteiger partial charge is 0.0589 e. The van der Waals surface area contributed by atoms with Crippen LogP contribution in [0.15, 0.2) is 6.07 Å². The molecule has 1 rings (SSSR count). The highest BCUT2D eigenvalue weighted by atomic mass is 32.1. The maximum Gasteiger partial charge on any atom is 0.0589 e. The summed E-state index contributed by atoms with van der Waals surface area (Å²) < 4.78 is 5.08. The van der Waals surface area contributed by atoms with Gasteiger partial charge in [-0.25, -0.2) is 0 Å². The third-order valence-electron chi connectivity index (χ3n) is 2.54. The summed E-state index contributed by atoms with van der Waals surface area (Å²) in [6, 6.07) is 2.31. The largest absolute Gasteiger partial charge is 0.383 e. The number of hydrogen-bond donors (Lipinski definition) is 1. The fourth-order valence-electron chi connectivity index (χ4n) is 1.62. The Morgan fingerprint density at radius 3 is 2.88 bits per heavy atom. The predicted octanol–water partition coefficient (Wildman–Crippen LogP) is 1.85. The molecular weight excluding hydrogens is 220 g/mol. The third-order valence-corrected chi connectivity index (χ3v) is 3.63. The Kier molecular flexibility index (Phi) is 5.98. The zero-order chi connectivity index (χ0) is 12.0. The molecule has 4 heteroatoms. The first-order chi connectivity index (χ1) is 7.67. The molecule has 0 aliphatic heterocycles. The molecule has 0 radical (unpaired) electrons. The van der Waals surface area contributed by atoms with E-state index in [1.165, 1.54) is 15.3 Å². The molecule has 1 aromatic rings. The molecule has 1 heterocycles. The van der Waals surface area contributed by atoms with Crippen LogP contribution >= 0.6 is 11.3 Å². The van der Waals surface area contributed by atoms with E-state index in [1.807, 2.05) is 18.4 Å². The number of methoxy groups -OCH3 is 1. The molecule has 0 amide bonds. The summed E-state index contributed by atoms with van der Waals surface area (Å²) in [5.41, 5.74) is 1.44. The molecule has 0 atom stereocenters. The van der Waals surface area contributed by atoms with Crippen LogP contribution in [0.4, 0.5) is 0 Å². The molecule has 0 bridgehead atoms. The Labute approximate surface area is 102 Å². The molecule has 1 aromatic heterocycles. The second kappa shape index (κ2) is 7.01. The highest BCUT2D eigenvalue weighted by Crippen LogP contribution is 2.22. The predicted molar refractivity (Wildman–Crippen MR) is 70.0 cm³/mol. The van der Waals surface area contributed by atoms with Crippen LogP contribution in [0, 0.1) is 6.92 Å². The maximum absolute atomic E-state index is 5.08. The van der Waals surface area contributed by atoms with Crippen molar-refractivity contribution in [3.8, 4) is 0 Å². The van der Waals surface area contributed by atoms with Crippen LogP contribution in [0.2, 0.25) is 0 Å². The fraction of sp³-hybridized carbons (Fsp3) is 0.667. The Hall–Kier alpha value is -0.420. The van der Waals surface area contributed by atoms with Crippen LogP contribution < -0.4 is 5.32 Å². The van der Waals surface area contributed by atoms with Crippen LogP contribution in [0.25, 0.3) is 0 Å². The summed E-state index contributed by atoms with van der Waals surface area (Å²) >= 11 is 1.88. The van der Waals surface area contributed by atoms with Crippen molar-refractivity contribution in [1.29, 1.82) is 0 Å². The van der Waals surface area contributed by atoms with E-state index in [2.05, 4.69) is 30.3 Å². The van der Waals surface area contributed by atoms with E-state index in [4.69, 9.17) is 4.74 Å². The van der Waals surface area contributed by atoms with Crippen molar-refractivity contribution in [2.24, 2.45) is 0 Å². The molecule has 1 N–H and O–H groups in total. The lowest BCUT2D eigenvalue weighted by atomic mass is 10.2. The molecule has 0 aromatic carbocycles. The van der Waals surface area contributed by atoms with Gasteiger partial charge in [0.2, 0.25) is 0 Å². The summed E-state index contributed by atoms with van der Waals surface area (Å²) in [5.74, 6) is 0. The number of thiophene rings is 1. The number of likely N-dealkylation sites (N-methyl/N-ethyl adjacent to an activating group) is 1. The van der Waals surface area contributed by atoms with Gasteiger partial charge in [-0.2, -0.15) is 0 Å². The molecule has 0 aliphatic carbocycles. The van der Waals surface area contributed by atoms with Gasteiger partial charge in [-0.15, -0.1) is 11.3 Å². The van der Waals surface area contributed by atoms with Crippen molar-refractivity contribution in [3.05, 3.63) is 21.4 Å². The molecule has 0 unspecified atom stereocenters. The Balaban J connectivity index is 2.52. The SMILES string of the molecule is CNCc1cc(CN(C)CCOC)c(C)s1. The zero-order valence-corrected chi connectivity index (χ0v) is 11.5. The van der Waals surface area contributed by atoms with Gasteiger partial charge in [-0.05, 0) is 32.6 Å². The number of aryl methyl sites for hydroxylation is 1. The van der Waals surface area contributed by atoms with E-state index in [1.54, 1.807) is 7.11 Å². The minimum Gasteiger partial charge on any atom is -0.383 e. The van der Waals surface area contributed by atoms with Gasteiger partial charge in [-0.3, -0.25) is 4.90 Å². The quantitative estimate of drug-likeness (QED) is 0.790. The summed E-state index contributed by atoms with van der Waals surface area (Å²) in [6.45, 7) is 5.95. The Bertz CT molecular complexity index is 312. The van der Waals surface area contributed by atoms with Gasteiger partial charge in [-0.1, -0.05) is 0 Å². The minimum atomic E-state index is 0.795. The van der Waals surface area contributed by atoms with Crippen molar-refractivity contribution in [3.63, 3.8) is 0 Å². The number of rotatable bonds is 7. The summed E-state index contributed by atoms with van der Waals surface area (Å²) in [7, 11) is 5.86. The molecule has 3 nitrogen and oxygen atoms in total. The lowest BCUT2D eigenvalue weighted by molar-refractivity contribution is 0.158. The van der Waals surface area contributed by atoms with Gasteiger partial charge in [0.25, 0.3) is 0 Å². The first-order valence-electron chi connectivity index (χ1n) is 5.57. The topological polar surface area (TPSA) is 24.5 Å². The van der Waals surface area contributed by atoms with Gasteiger partial charge in [0, 0.05) is 36.5 Å². The van der Waals surface area contributed by atoms with Gasteiger partial charge in [0.1, 0.15) is 0 Å². The second-order valence-corrected chi connectivity index (χ2v) is 5.40. The summed E-state index contributed by atoms with van der Waals surface area (Å²) in [5, 5.41) is 3.19.